The highest BCUT2D eigenvalue weighted by molar-refractivity contribution is 14.1. The van der Waals surface area contributed by atoms with Crippen molar-refractivity contribution in [3.63, 3.8) is 0 Å². The van der Waals surface area contributed by atoms with Crippen LogP contribution in [0.2, 0.25) is 0 Å². The number of imide groups is 1. The van der Waals surface area contributed by atoms with Crippen molar-refractivity contribution in [2.24, 2.45) is 28.8 Å². The highest BCUT2D eigenvalue weighted by atomic mass is 127. The summed E-state index contributed by atoms with van der Waals surface area (Å²) in [5.41, 5.74) is 1.91. The minimum absolute atomic E-state index is 0.158. The van der Waals surface area contributed by atoms with Crippen molar-refractivity contribution in [3.05, 3.63) is 71.3 Å². The van der Waals surface area contributed by atoms with Gasteiger partial charge in [0.2, 0.25) is 0 Å². The van der Waals surface area contributed by atoms with Crippen molar-refractivity contribution in [2.75, 3.05) is 0 Å². The molecule has 0 spiro atoms. The van der Waals surface area contributed by atoms with Gasteiger partial charge in [0.1, 0.15) is 12.4 Å². The summed E-state index contributed by atoms with van der Waals surface area (Å²) < 4.78 is 8.98. The number of carbonyl (C=O) groups is 2. The average Bonchev–Trinajstić information content (AvgIpc) is 3.06. The monoisotopic (exact) mass is 716 g/mol. The van der Waals surface area contributed by atoms with Crippen LogP contribution in [0, 0.1) is 30.8 Å². The van der Waals surface area contributed by atoms with Gasteiger partial charge in [-0.05, 0) is 105 Å². The summed E-state index contributed by atoms with van der Waals surface area (Å²) in [6.07, 6.45) is 7.80. The third-order valence-electron chi connectivity index (χ3n) is 6.38. The van der Waals surface area contributed by atoms with Gasteiger partial charge in [-0.1, -0.05) is 40.2 Å². The van der Waals surface area contributed by atoms with E-state index < -0.39 is 0 Å². The van der Waals surface area contributed by atoms with Gasteiger partial charge in [0.15, 0.2) is 0 Å². The fourth-order valence-corrected chi connectivity index (χ4v) is 7.22. The van der Waals surface area contributed by atoms with E-state index in [-0.39, 0.29) is 35.5 Å². The molecule has 164 valence electrons. The first-order valence-corrected chi connectivity index (χ1v) is 13.3. The molecule has 2 bridgehead atoms. The van der Waals surface area contributed by atoms with Gasteiger partial charge in [-0.15, -0.1) is 0 Å². The van der Waals surface area contributed by atoms with E-state index in [0.29, 0.717) is 6.61 Å². The molecule has 1 aliphatic heterocycles. The Bertz CT molecular complexity index is 1090. The lowest BCUT2D eigenvalue weighted by atomic mass is 9.63. The highest BCUT2D eigenvalue weighted by Crippen LogP contribution is 2.49. The van der Waals surface area contributed by atoms with Gasteiger partial charge in [0, 0.05) is 4.47 Å². The fraction of sp³-hybridized carbons (Fsp3) is 0.292. The molecule has 2 aromatic rings. The number of hydrazone groups is 1. The Kier molecular flexibility index (Phi) is 6.45. The molecule has 2 amide bonds. The molecule has 4 atom stereocenters. The summed E-state index contributed by atoms with van der Waals surface area (Å²) in [4.78, 5) is 25.8. The molecular formula is C24H19BrI2N2O3. The van der Waals surface area contributed by atoms with Crippen LogP contribution in [0.5, 0.6) is 5.75 Å². The van der Waals surface area contributed by atoms with E-state index in [9.17, 15) is 9.59 Å². The smallest absolute Gasteiger partial charge is 0.254 e. The van der Waals surface area contributed by atoms with Crippen molar-refractivity contribution in [1.82, 2.24) is 5.01 Å². The van der Waals surface area contributed by atoms with Crippen LogP contribution in [0.25, 0.3) is 0 Å². The number of halogens is 3. The zero-order valence-electron chi connectivity index (χ0n) is 16.9. The van der Waals surface area contributed by atoms with Gasteiger partial charge < -0.3 is 4.74 Å². The number of fused-ring (bicyclic) bond motifs is 1. The van der Waals surface area contributed by atoms with Gasteiger partial charge in [-0.25, -0.2) is 0 Å². The van der Waals surface area contributed by atoms with Crippen LogP contribution in [0.1, 0.15) is 24.0 Å². The summed E-state index contributed by atoms with van der Waals surface area (Å²) in [5, 5.41) is 5.42. The zero-order valence-corrected chi connectivity index (χ0v) is 22.8. The van der Waals surface area contributed by atoms with Crippen LogP contribution in [0.4, 0.5) is 0 Å². The molecule has 0 N–H and O–H groups in total. The topological polar surface area (TPSA) is 59.0 Å². The molecule has 1 heterocycles. The molecule has 0 aromatic heterocycles. The second-order valence-electron chi connectivity index (χ2n) is 8.30. The maximum atomic E-state index is 12.9. The van der Waals surface area contributed by atoms with Crippen molar-refractivity contribution in [1.29, 1.82) is 0 Å². The molecule has 1 saturated heterocycles. The first-order valence-electron chi connectivity index (χ1n) is 10.4. The number of hydrogen-bond donors (Lipinski definition) is 0. The molecule has 8 heteroatoms. The number of nitrogens with zero attached hydrogens (tertiary/aromatic N) is 2. The Balaban J connectivity index is 1.31. The maximum Gasteiger partial charge on any atom is 0.254 e. The molecule has 3 aliphatic carbocycles. The van der Waals surface area contributed by atoms with Crippen LogP contribution < -0.4 is 4.74 Å². The molecule has 1 saturated carbocycles. The number of amides is 2. The van der Waals surface area contributed by atoms with E-state index in [2.05, 4.69) is 78.4 Å². The van der Waals surface area contributed by atoms with Crippen molar-refractivity contribution in [2.45, 2.75) is 19.4 Å². The Labute approximate surface area is 222 Å². The van der Waals surface area contributed by atoms with E-state index in [1.54, 1.807) is 6.21 Å². The molecule has 0 radical (unpaired) electrons. The lowest BCUT2D eigenvalue weighted by molar-refractivity contribution is -0.140. The van der Waals surface area contributed by atoms with Crippen LogP contribution >= 0.6 is 61.1 Å². The lowest BCUT2D eigenvalue weighted by Gasteiger charge is -2.37. The number of carbonyl (C=O) groups excluding carboxylic acids is 2. The Morgan fingerprint density at radius 2 is 1.56 bits per heavy atom. The number of hydrogen-bond acceptors (Lipinski definition) is 4. The average molecular weight is 717 g/mol. The number of ether oxygens (including phenoxy) is 1. The summed E-state index contributed by atoms with van der Waals surface area (Å²) in [7, 11) is 0. The van der Waals surface area contributed by atoms with Gasteiger partial charge in [-0.3, -0.25) is 9.59 Å². The minimum Gasteiger partial charge on any atom is -0.487 e. The number of rotatable bonds is 5. The quantitative estimate of drug-likeness (QED) is 0.171. The Morgan fingerprint density at radius 3 is 2.09 bits per heavy atom. The number of allylic oxidation sites excluding steroid dienone is 2. The van der Waals surface area contributed by atoms with Crippen molar-refractivity contribution >= 4 is 79.1 Å². The fourth-order valence-electron chi connectivity index (χ4n) is 4.82. The second kappa shape index (κ2) is 9.17. The molecule has 32 heavy (non-hydrogen) atoms. The van der Waals surface area contributed by atoms with E-state index >= 15 is 0 Å². The summed E-state index contributed by atoms with van der Waals surface area (Å²) in [5.74, 6) is 0.365. The van der Waals surface area contributed by atoms with Crippen molar-refractivity contribution in [3.8, 4) is 5.75 Å². The predicted octanol–water partition coefficient (Wildman–Crippen LogP) is 5.77. The Morgan fingerprint density at radius 1 is 1.00 bits per heavy atom. The maximum absolute atomic E-state index is 12.9. The van der Waals surface area contributed by atoms with Crippen LogP contribution in [0.3, 0.4) is 0 Å². The molecular weight excluding hydrogens is 698 g/mol. The standard InChI is InChI=1S/C24H19BrI2N2O3/c25-17-7-1-13(2-8-17)12-32-22-18(26)9-14(10-19(22)27)11-28-29-23(30)20-15-3-4-16(6-5-15)21(20)24(29)31/h1-4,7-11,15-16,20-21H,5-6,12H2/b28-11-/t15-,16-,20-,21-/m0/s1. The summed E-state index contributed by atoms with van der Waals surface area (Å²) in [6.45, 7) is 0.475. The van der Waals surface area contributed by atoms with E-state index in [4.69, 9.17) is 4.74 Å². The SMILES string of the molecule is O=C1[C@@H]2[C@@H](C(=O)N1/N=C\c1cc(I)c(OCc3ccc(Br)cc3)c(I)c1)[C@H]1C=C[C@H]2CC1. The normalized spacial score (nSPS) is 26.3. The molecule has 2 aromatic carbocycles. The third kappa shape index (κ3) is 4.18. The minimum atomic E-state index is -0.238. The zero-order chi connectivity index (χ0) is 22.4. The molecule has 0 unspecified atom stereocenters. The van der Waals surface area contributed by atoms with E-state index in [1.165, 1.54) is 0 Å². The molecule has 2 fully saturated rings. The molecule has 5 nitrogen and oxygen atoms in total. The van der Waals surface area contributed by atoms with Gasteiger partial charge in [0.05, 0.1) is 25.2 Å². The Hall–Kier alpha value is -1.27. The van der Waals surface area contributed by atoms with Crippen LogP contribution in [-0.4, -0.2) is 23.0 Å². The first kappa shape index (κ1) is 22.5. The van der Waals surface area contributed by atoms with Crippen LogP contribution in [-0.2, 0) is 16.2 Å². The van der Waals surface area contributed by atoms with E-state index in [0.717, 1.165) is 46.3 Å². The van der Waals surface area contributed by atoms with Gasteiger partial charge >= 0.3 is 0 Å². The van der Waals surface area contributed by atoms with Gasteiger partial charge in [-0.2, -0.15) is 10.1 Å². The third-order valence-corrected chi connectivity index (χ3v) is 8.51. The molecule has 4 aliphatic rings. The molecule has 6 rings (SSSR count). The number of benzene rings is 2. The van der Waals surface area contributed by atoms with Gasteiger partial charge in [0.25, 0.3) is 11.8 Å². The highest BCUT2D eigenvalue weighted by Gasteiger charge is 2.56. The first-order chi connectivity index (χ1) is 15.4. The van der Waals surface area contributed by atoms with Crippen molar-refractivity contribution < 1.29 is 14.3 Å². The largest absolute Gasteiger partial charge is 0.487 e. The van der Waals surface area contributed by atoms with Crippen LogP contribution in [0.15, 0.2) is 58.1 Å². The van der Waals surface area contributed by atoms with E-state index in [1.807, 2.05) is 36.4 Å². The lowest BCUT2D eigenvalue weighted by Crippen LogP contribution is -2.38. The predicted molar refractivity (Wildman–Crippen MR) is 142 cm³/mol. The summed E-state index contributed by atoms with van der Waals surface area (Å²) >= 11 is 7.92. The second-order valence-corrected chi connectivity index (χ2v) is 11.5. The summed E-state index contributed by atoms with van der Waals surface area (Å²) in [6, 6.07) is 11.9.